The van der Waals surface area contributed by atoms with Gasteiger partial charge >= 0.3 is 185 Å². The molecule has 0 N–H and O–H groups in total. The summed E-state index contributed by atoms with van der Waals surface area (Å²) in [6, 6.07) is 24.7. The first-order chi connectivity index (χ1) is 14.6. The van der Waals surface area contributed by atoms with Crippen LogP contribution in [0.15, 0.2) is 72.8 Å². The normalized spacial score (nSPS) is 21.1. The third-order valence-corrected chi connectivity index (χ3v) is 8.94. The zero-order chi connectivity index (χ0) is 21.0. The van der Waals surface area contributed by atoms with Crippen molar-refractivity contribution in [2.24, 2.45) is 0 Å². The van der Waals surface area contributed by atoms with Crippen LogP contribution < -0.4 is 4.46 Å². The van der Waals surface area contributed by atoms with Crippen molar-refractivity contribution in [3.63, 3.8) is 0 Å². The van der Waals surface area contributed by atoms with Crippen LogP contribution in [-0.2, 0) is 19.9 Å². The van der Waals surface area contributed by atoms with Gasteiger partial charge in [0.05, 0.1) is 0 Å². The number of methoxy groups -OCH3 is 1. The molecule has 4 heteroatoms. The molecule has 3 nitrogen and oxygen atoms in total. The average molecular weight is 467 g/mol. The van der Waals surface area contributed by atoms with Gasteiger partial charge in [0.1, 0.15) is 0 Å². The van der Waals surface area contributed by atoms with E-state index in [1.165, 1.54) is 10.9 Å². The van der Waals surface area contributed by atoms with E-state index in [9.17, 15) is 4.79 Å². The number of carbonyl (C=O) groups is 1. The molecule has 0 bridgehead atoms. The summed E-state index contributed by atoms with van der Waals surface area (Å²) in [5, 5.41) is 2.11. The second-order valence-electron chi connectivity index (χ2n) is 7.96. The second-order valence-corrected chi connectivity index (χ2v) is 10.7. The van der Waals surface area contributed by atoms with Gasteiger partial charge in [-0.2, -0.15) is 0 Å². The standard InChI is InChI=1S/C26H28O3Se/c1-26(28-2,22-16-10-12-19-11-6-7-15-21(19)22)25(27)29-23-17-8-9-18-24(23)30-20-13-4-3-5-14-20/h3-7,10-16,23-24H,8-9,17-18H2,1-2H3/t23-,24-,26-/m1/s1. The van der Waals surface area contributed by atoms with Crippen molar-refractivity contribution in [1.82, 2.24) is 0 Å². The van der Waals surface area contributed by atoms with Crippen molar-refractivity contribution < 1.29 is 14.3 Å². The topological polar surface area (TPSA) is 35.5 Å². The molecule has 30 heavy (non-hydrogen) atoms. The number of esters is 1. The summed E-state index contributed by atoms with van der Waals surface area (Å²) < 4.78 is 13.4. The minimum atomic E-state index is -1.14. The van der Waals surface area contributed by atoms with Crippen molar-refractivity contribution in [2.75, 3.05) is 7.11 Å². The Kier molecular flexibility index (Phi) is 6.58. The molecule has 0 aromatic heterocycles. The van der Waals surface area contributed by atoms with E-state index in [4.69, 9.17) is 9.47 Å². The molecular formula is C26H28O3Se. The van der Waals surface area contributed by atoms with E-state index >= 15 is 0 Å². The number of hydrogen-bond donors (Lipinski definition) is 0. The van der Waals surface area contributed by atoms with E-state index in [2.05, 4.69) is 36.4 Å². The third-order valence-electron chi connectivity index (χ3n) is 6.03. The zero-order valence-corrected chi connectivity index (χ0v) is 19.3. The SMILES string of the molecule is CO[C@@](C)(C(=O)O[C@@H]1CCCC[C@H]1[Se]c1ccccc1)c1cccc2ccccc12. The van der Waals surface area contributed by atoms with E-state index in [0.29, 0.717) is 4.82 Å². The van der Waals surface area contributed by atoms with E-state index in [-0.39, 0.29) is 27.0 Å². The Morgan fingerprint density at radius 2 is 1.63 bits per heavy atom. The molecule has 0 unspecified atom stereocenters. The first-order valence-corrected chi connectivity index (χ1v) is 12.4. The molecule has 0 radical (unpaired) electrons. The molecular weight excluding hydrogens is 439 g/mol. The van der Waals surface area contributed by atoms with Crippen molar-refractivity contribution in [3.8, 4) is 0 Å². The quantitative estimate of drug-likeness (QED) is 0.378. The number of fused-ring (bicyclic) bond motifs is 1. The molecule has 4 rings (SSSR count). The maximum atomic E-state index is 13.5. The van der Waals surface area contributed by atoms with Gasteiger partial charge in [-0.1, -0.05) is 0 Å². The Morgan fingerprint density at radius 3 is 2.43 bits per heavy atom. The molecule has 1 saturated carbocycles. The van der Waals surface area contributed by atoms with Crippen LogP contribution in [-0.4, -0.2) is 34.1 Å². The van der Waals surface area contributed by atoms with Crippen LogP contribution in [0.2, 0.25) is 4.82 Å². The van der Waals surface area contributed by atoms with Crippen molar-refractivity contribution in [1.29, 1.82) is 0 Å². The molecule has 3 aromatic carbocycles. The van der Waals surface area contributed by atoms with Crippen LogP contribution in [0.1, 0.15) is 38.2 Å². The predicted octanol–water partition coefficient (Wildman–Crippen LogP) is 5.01. The molecule has 0 saturated heterocycles. The van der Waals surface area contributed by atoms with Crippen molar-refractivity contribution in [3.05, 3.63) is 78.4 Å². The zero-order valence-electron chi connectivity index (χ0n) is 17.5. The number of ether oxygens (including phenoxy) is 2. The van der Waals surface area contributed by atoms with Gasteiger partial charge in [0.2, 0.25) is 0 Å². The Labute approximate surface area is 184 Å². The van der Waals surface area contributed by atoms with Crippen LogP contribution in [0.25, 0.3) is 10.8 Å². The van der Waals surface area contributed by atoms with Gasteiger partial charge in [-0.25, -0.2) is 0 Å². The summed E-state index contributed by atoms with van der Waals surface area (Å²) in [5.74, 6) is -0.290. The van der Waals surface area contributed by atoms with Gasteiger partial charge in [0.25, 0.3) is 0 Å². The van der Waals surface area contributed by atoms with Gasteiger partial charge in [-0.3, -0.25) is 0 Å². The molecule has 0 heterocycles. The average Bonchev–Trinajstić information content (AvgIpc) is 2.80. The van der Waals surface area contributed by atoms with Crippen LogP contribution in [0.5, 0.6) is 0 Å². The van der Waals surface area contributed by atoms with E-state index < -0.39 is 5.60 Å². The number of hydrogen-bond acceptors (Lipinski definition) is 3. The molecule has 0 amide bonds. The van der Waals surface area contributed by atoms with Crippen molar-refractivity contribution in [2.45, 2.75) is 49.1 Å². The van der Waals surface area contributed by atoms with Crippen LogP contribution in [0.3, 0.4) is 0 Å². The molecule has 1 fully saturated rings. The number of carbonyl (C=O) groups excluding carboxylic acids is 1. The maximum absolute atomic E-state index is 13.5. The fourth-order valence-corrected chi connectivity index (χ4v) is 6.91. The summed E-state index contributed by atoms with van der Waals surface area (Å²) >= 11 is 0.287. The van der Waals surface area contributed by atoms with Gasteiger partial charge in [-0.05, 0) is 0 Å². The summed E-state index contributed by atoms with van der Waals surface area (Å²) in [4.78, 5) is 13.9. The molecule has 1 aliphatic rings. The van der Waals surface area contributed by atoms with E-state index in [1.807, 2.05) is 43.3 Å². The molecule has 1 aliphatic carbocycles. The first-order valence-electron chi connectivity index (χ1n) is 10.6. The predicted molar refractivity (Wildman–Crippen MR) is 122 cm³/mol. The fourth-order valence-electron chi connectivity index (χ4n) is 4.20. The Bertz CT molecular complexity index is 998. The molecule has 3 atom stereocenters. The summed E-state index contributed by atoms with van der Waals surface area (Å²) in [6.45, 7) is 1.83. The Morgan fingerprint density at radius 1 is 0.933 bits per heavy atom. The second kappa shape index (κ2) is 9.34. The van der Waals surface area contributed by atoms with Crippen LogP contribution >= 0.6 is 0 Å². The monoisotopic (exact) mass is 468 g/mol. The number of rotatable bonds is 6. The Balaban J connectivity index is 1.58. The van der Waals surface area contributed by atoms with Crippen molar-refractivity contribution >= 4 is 36.2 Å². The summed E-state index contributed by atoms with van der Waals surface area (Å²) in [5.41, 5.74) is -0.281. The summed E-state index contributed by atoms with van der Waals surface area (Å²) in [7, 11) is 1.59. The van der Waals surface area contributed by atoms with Gasteiger partial charge in [-0.15, -0.1) is 0 Å². The first kappa shape index (κ1) is 21.1. The van der Waals surface area contributed by atoms with E-state index in [0.717, 1.165) is 35.6 Å². The van der Waals surface area contributed by atoms with E-state index in [1.54, 1.807) is 7.11 Å². The van der Waals surface area contributed by atoms with Crippen LogP contribution in [0.4, 0.5) is 0 Å². The Hall–Kier alpha value is -2.13. The molecule has 3 aromatic rings. The van der Waals surface area contributed by atoms with Gasteiger partial charge in [0.15, 0.2) is 0 Å². The number of benzene rings is 3. The molecule has 156 valence electrons. The fraction of sp³-hybridized carbons (Fsp3) is 0.346. The van der Waals surface area contributed by atoms with Crippen LogP contribution in [0, 0.1) is 0 Å². The third kappa shape index (κ3) is 4.32. The summed E-state index contributed by atoms with van der Waals surface area (Å²) in [6.07, 6.45) is 4.32. The van der Waals surface area contributed by atoms with Gasteiger partial charge in [0, 0.05) is 0 Å². The minimum absolute atomic E-state index is 0.0455. The van der Waals surface area contributed by atoms with Gasteiger partial charge < -0.3 is 0 Å². The molecule has 0 aliphatic heterocycles. The molecule has 0 spiro atoms.